The van der Waals surface area contributed by atoms with Crippen molar-refractivity contribution in [3.05, 3.63) is 59.7 Å². The fraction of sp³-hybridized carbons (Fsp3) is 0.423. The van der Waals surface area contributed by atoms with Gasteiger partial charge in [-0.1, -0.05) is 48.5 Å². The number of carboxylic acid groups (broad SMARTS) is 1. The Labute approximate surface area is 198 Å². The Morgan fingerprint density at radius 2 is 1.65 bits per heavy atom. The summed E-state index contributed by atoms with van der Waals surface area (Å²) in [4.78, 5) is 36.6. The quantitative estimate of drug-likeness (QED) is 0.495. The van der Waals surface area contributed by atoms with Crippen LogP contribution in [0.4, 0.5) is 4.79 Å². The third kappa shape index (κ3) is 5.07. The molecule has 2 aliphatic rings. The van der Waals surface area contributed by atoms with E-state index in [9.17, 15) is 19.5 Å². The molecule has 2 aromatic carbocycles. The zero-order chi connectivity index (χ0) is 24.3. The van der Waals surface area contributed by atoms with Crippen molar-refractivity contribution >= 4 is 18.0 Å². The number of nitrogens with one attached hydrogen (secondary N) is 2. The number of methoxy groups -OCH3 is 1. The first kappa shape index (κ1) is 23.8. The Balaban J connectivity index is 1.38. The number of carbonyl (C=O) groups excluding carboxylic acids is 2. The lowest BCUT2D eigenvalue weighted by molar-refractivity contribution is -0.140. The lowest BCUT2D eigenvalue weighted by atomic mass is 9.98. The molecule has 34 heavy (non-hydrogen) atoms. The molecule has 2 amide bonds. The third-order valence-electron chi connectivity index (χ3n) is 6.85. The second kappa shape index (κ2) is 9.85. The van der Waals surface area contributed by atoms with Crippen LogP contribution in [0.2, 0.25) is 0 Å². The van der Waals surface area contributed by atoms with Crippen LogP contribution in [0, 0.1) is 5.92 Å². The molecule has 0 bridgehead atoms. The van der Waals surface area contributed by atoms with Crippen molar-refractivity contribution in [1.29, 1.82) is 0 Å². The summed E-state index contributed by atoms with van der Waals surface area (Å²) in [6.07, 6.45) is 0.663. The molecule has 0 heterocycles. The summed E-state index contributed by atoms with van der Waals surface area (Å²) in [6, 6.07) is 14.7. The van der Waals surface area contributed by atoms with Gasteiger partial charge in [-0.15, -0.1) is 0 Å². The Hall–Kier alpha value is -3.39. The van der Waals surface area contributed by atoms with E-state index < -0.39 is 36.0 Å². The van der Waals surface area contributed by atoms with Crippen LogP contribution in [0.3, 0.4) is 0 Å². The highest BCUT2D eigenvalue weighted by molar-refractivity contribution is 5.89. The minimum Gasteiger partial charge on any atom is -0.481 e. The van der Waals surface area contributed by atoms with E-state index in [2.05, 4.69) is 10.6 Å². The number of alkyl carbamates (subject to hydrolysis) is 1. The highest BCUT2D eigenvalue weighted by Crippen LogP contribution is 2.44. The third-order valence-corrected chi connectivity index (χ3v) is 6.85. The van der Waals surface area contributed by atoms with E-state index in [-0.39, 0.29) is 19.1 Å². The monoisotopic (exact) mass is 466 g/mol. The summed E-state index contributed by atoms with van der Waals surface area (Å²) >= 11 is 0. The molecule has 1 saturated carbocycles. The van der Waals surface area contributed by atoms with E-state index in [0.717, 1.165) is 35.1 Å². The molecule has 1 fully saturated rings. The van der Waals surface area contributed by atoms with Crippen LogP contribution in [0.5, 0.6) is 0 Å². The fourth-order valence-corrected chi connectivity index (χ4v) is 4.63. The van der Waals surface area contributed by atoms with Crippen LogP contribution >= 0.6 is 0 Å². The van der Waals surface area contributed by atoms with Crippen molar-refractivity contribution in [2.24, 2.45) is 5.92 Å². The maximum absolute atomic E-state index is 12.7. The van der Waals surface area contributed by atoms with E-state index in [1.807, 2.05) is 55.5 Å². The van der Waals surface area contributed by atoms with Crippen molar-refractivity contribution in [2.75, 3.05) is 20.3 Å². The van der Waals surface area contributed by atoms with Gasteiger partial charge in [0.1, 0.15) is 12.6 Å². The first-order chi connectivity index (χ1) is 16.3. The van der Waals surface area contributed by atoms with Gasteiger partial charge in [-0.3, -0.25) is 9.59 Å². The van der Waals surface area contributed by atoms with Gasteiger partial charge in [0.25, 0.3) is 0 Å². The van der Waals surface area contributed by atoms with Gasteiger partial charge >= 0.3 is 12.1 Å². The molecule has 4 rings (SSSR count). The van der Waals surface area contributed by atoms with Crippen LogP contribution in [-0.2, 0) is 19.1 Å². The molecular weight excluding hydrogens is 436 g/mol. The largest absolute Gasteiger partial charge is 0.481 e. The van der Waals surface area contributed by atoms with Crippen LogP contribution in [0.25, 0.3) is 11.1 Å². The number of carbonyl (C=O) groups is 3. The molecule has 0 spiro atoms. The van der Waals surface area contributed by atoms with Crippen LogP contribution in [0.1, 0.15) is 43.2 Å². The van der Waals surface area contributed by atoms with Gasteiger partial charge in [0.05, 0.1) is 12.0 Å². The number of amides is 2. The summed E-state index contributed by atoms with van der Waals surface area (Å²) in [5, 5.41) is 14.4. The molecule has 8 heteroatoms. The molecule has 2 atom stereocenters. The molecule has 2 unspecified atom stereocenters. The molecule has 0 saturated heterocycles. The van der Waals surface area contributed by atoms with Gasteiger partial charge in [0, 0.05) is 19.6 Å². The Bertz CT molecular complexity index is 1040. The van der Waals surface area contributed by atoms with Gasteiger partial charge in [-0.2, -0.15) is 0 Å². The zero-order valence-electron chi connectivity index (χ0n) is 19.4. The SMILES string of the molecule is COC(C)(CNC(=O)C(CC(=O)O)NC(=O)OCC1c2ccccc2-c2ccccc21)C1CC1. The standard InChI is InChI=1S/C26H30N2O6/c1-26(33-2,16-11-12-16)15-27-24(31)22(13-23(29)30)28-25(32)34-14-21-19-9-5-3-7-17(19)18-8-4-6-10-20(18)21/h3-10,16,21-22H,11-15H2,1-2H3,(H,27,31)(H,28,32)(H,29,30). The molecular formula is C26H30N2O6. The van der Waals surface area contributed by atoms with Gasteiger partial charge in [-0.25, -0.2) is 4.79 Å². The van der Waals surface area contributed by atoms with E-state index in [1.54, 1.807) is 7.11 Å². The van der Waals surface area contributed by atoms with Gasteiger partial charge in [-0.05, 0) is 47.9 Å². The Morgan fingerprint density at radius 3 is 2.18 bits per heavy atom. The lowest BCUT2D eigenvalue weighted by Crippen LogP contribution is -2.52. The number of benzene rings is 2. The maximum atomic E-state index is 12.7. The molecule has 8 nitrogen and oxygen atoms in total. The van der Waals surface area contributed by atoms with Gasteiger partial charge < -0.3 is 25.2 Å². The molecule has 0 radical (unpaired) electrons. The van der Waals surface area contributed by atoms with Gasteiger partial charge in [0.15, 0.2) is 0 Å². The number of aliphatic carboxylic acids is 1. The molecule has 2 aliphatic carbocycles. The van der Waals surface area contributed by atoms with Crippen molar-refractivity contribution < 1.29 is 29.0 Å². The van der Waals surface area contributed by atoms with Gasteiger partial charge in [0.2, 0.25) is 5.91 Å². The van der Waals surface area contributed by atoms with Crippen LogP contribution < -0.4 is 10.6 Å². The van der Waals surface area contributed by atoms with Crippen molar-refractivity contribution in [3.8, 4) is 11.1 Å². The smallest absolute Gasteiger partial charge is 0.407 e. The highest BCUT2D eigenvalue weighted by atomic mass is 16.5. The summed E-state index contributed by atoms with van der Waals surface area (Å²) < 4.78 is 11.0. The van der Waals surface area contributed by atoms with E-state index in [4.69, 9.17) is 9.47 Å². The number of hydrogen-bond donors (Lipinski definition) is 3. The predicted molar refractivity (Wildman–Crippen MR) is 125 cm³/mol. The summed E-state index contributed by atoms with van der Waals surface area (Å²) in [7, 11) is 1.59. The second-order valence-electron chi connectivity index (χ2n) is 9.13. The van der Waals surface area contributed by atoms with E-state index >= 15 is 0 Å². The van der Waals surface area contributed by atoms with E-state index in [1.165, 1.54) is 0 Å². The minimum absolute atomic E-state index is 0.0741. The number of hydrogen-bond acceptors (Lipinski definition) is 5. The normalized spacial score (nSPS) is 17.1. The summed E-state index contributed by atoms with van der Waals surface area (Å²) in [6.45, 7) is 2.22. The summed E-state index contributed by atoms with van der Waals surface area (Å²) in [5.41, 5.74) is 3.82. The second-order valence-corrected chi connectivity index (χ2v) is 9.13. The molecule has 0 aromatic heterocycles. The highest BCUT2D eigenvalue weighted by Gasteiger charge is 2.42. The number of ether oxygens (including phenoxy) is 2. The van der Waals surface area contributed by atoms with E-state index in [0.29, 0.717) is 5.92 Å². The molecule has 180 valence electrons. The first-order valence-electron chi connectivity index (χ1n) is 11.5. The van der Waals surface area contributed by atoms with Crippen LogP contribution in [-0.4, -0.2) is 55.0 Å². The number of carboxylic acids is 1. The fourth-order valence-electron chi connectivity index (χ4n) is 4.63. The minimum atomic E-state index is -1.26. The van der Waals surface area contributed by atoms with Crippen molar-refractivity contribution in [1.82, 2.24) is 10.6 Å². The first-order valence-corrected chi connectivity index (χ1v) is 11.5. The maximum Gasteiger partial charge on any atom is 0.407 e. The average molecular weight is 467 g/mol. The Kier molecular flexibility index (Phi) is 6.88. The molecule has 2 aromatic rings. The average Bonchev–Trinajstić information content (AvgIpc) is 3.64. The zero-order valence-corrected chi connectivity index (χ0v) is 19.4. The molecule has 3 N–H and O–H groups in total. The van der Waals surface area contributed by atoms with Crippen LogP contribution in [0.15, 0.2) is 48.5 Å². The van der Waals surface area contributed by atoms with Crippen molar-refractivity contribution in [3.63, 3.8) is 0 Å². The Morgan fingerprint density at radius 1 is 1.06 bits per heavy atom. The lowest BCUT2D eigenvalue weighted by Gasteiger charge is -2.29. The molecule has 0 aliphatic heterocycles. The number of fused-ring (bicyclic) bond motifs is 3. The predicted octanol–water partition coefficient (Wildman–Crippen LogP) is 3.30. The summed E-state index contributed by atoms with van der Waals surface area (Å²) in [5.74, 6) is -1.56. The van der Waals surface area contributed by atoms with Crippen molar-refractivity contribution in [2.45, 2.75) is 43.7 Å². The topological polar surface area (TPSA) is 114 Å². The number of rotatable bonds is 10.